The van der Waals surface area contributed by atoms with Crippen LogP contribution in [0.3, 0.4) is 0 Å². The summed E-state index contributed by atoms with van der Waals surface area (Å²) < 4.78 is 12.4. The Morgan fingerprint density at radius 2 is 2.00 bits per heavy atom. The van der Waals surface area contributed by atoms with Gasteiger partial charge in [0.1, 0.15) is 0 Å². The SMILES string of the molecule is CCn1cc(CC(N)c2ccc(OC)c(OC)c2)cn1. The van der Waals surface area contributed by atoms with Crippen LogP contribution < -0.4 is 15.2 Å². The molecule has 0 spiro atoms. The topological polar surface area (TPSA) is 62.3 Å². The van der Waals surface area contributed by atoms with E-state index >= 15 is 0 Å². The fourth-order valence-corrected chi connectivity index (χ4v) is 2.14. The van der Waals surface area contributed by atoms with Crippen LogP contribution in [0.1, 0.15) is 24.1 Å². The van der Waals surface area contributed by atoms with Crippen LogP contribution in [0.25, 0.3) is 0 Å². The number of hydrogen-bond acceptors (Lipinski definition) is 4. The van der Waals surface area contributed by atoms with Crippen molar-refractivity contribution < 1.29 is 9.47 Å². The maximum Gasteiger partial charge on any atom is 0.161 e. The number of aryl methyl sites for hydroxylation is 1. The van der Waals surface area contributed by atoms with Crippen molar-refractivity contribution in [3.63, 3.8) is 0 Å². The molecule has 1 aromatic carbocycles. The third-order valence-electron chi connectivity index (χ3n) is 3.30. The maximum absolute atomic E-state index is 6.26. The minimum absolute atomic E-state index is 0.0932. The van der Waals surface area contributed by atoms with Gasteiger partial charge in [0.05, 0.1) is 20.4 Å². The molecule has 2 aromatic rings. The van der Waals surface area contributed by atoms with Crippen LogP contribution in [-0.4, -0.2) is 24.0 Å². The van der Waals surface area contributed by atoms with Crippen LogP contribution in [0.2, 0.25) is 0 Å². The van der Waals surface area contributed by atoms with Crippen molar-refractivity contribution in [3.05, 3.63) is 41.7 Å². The summed E-state index contributed by atoms with van der Waals surface area (Å²) in [6.45, 7) is 2.93. The van der Waals surface area contributed by atoms with Gasteiger partial charge in [0.15, 0.2) is 11.5 Å². The molecule has 2 rings (SSSR count). The lowest BCUT2D eigenvalue weighted by Gasteiger charge is -2.14. The van der Waals surface area contributed by atoms with Crippen LogP contribution in [0.15, 0.2) is 30.6 Å². The summed E-state index contributed by atoms with van der Waals surface area (Å²) >= 11 is 0. The third kappa shape index (κ3) is 3.11. The zero-order valence-corrected chi connectivity index (χ0v) is 12.2. The second-order valence-electron chi connectivity index (χ2n) is 4.63. The predicted octanol–water partition coefficient (Wildman–Crippen LogP) is 2.16. The smallest absolute Gasteiger partial charge is 0.161 e. The third-order valence-corrected chi connectivity index (χ3v) is 3.30. The predicted molar refractivity (Wildman–Crippen MR) is 78.1 cm³/mol. The number of ether oxygens (including phenoxy) is 2. The van der Waals surface area contributed by atoms with Crippen molar-refractivity contribution in [2.75, 3.05) is 14.2 Å². The van der Waals surface area contributed by atoms with Gasteiger partial charge >= 0.3 is 0 Å². The van der Waals surface area contributed by atoms with Crippen LogP contribution in [0.4, 0.5) is 0 Å². The van der Waals surface area contributed by atoms with Crippen LogP contribution >= 0.6 is 0 Å². The van der Waals surface area contributed by atoms with Gasteiger partial charge in [-0.25, -0.2) is 0 Å². The molecule has 1 atom stereocenters. The summed E-state index contributed by atoms with van der Waals surface area (Å²) in [5, 5.41) is 4.26. The molecular formula is C15H21N3O2. The quantitative estimate of drug-likeness (QED) is 0.877. The first-order valence-electron chi connectivity index (χ1n) is 6.66. The molecule has 0 bridgehead atoms. The van der Waals surface area contributed by atoms with E-state index in [9.17, 15) is 0 Å². The Labute approximate surface area is 119 Å². The summed E-state index contributed by atoms with van der Waals surface area (Å²) in [7, 11) is 3.25. The Morgan fingerprint density at radius 1 is 1.25 bits per heavy atom. The molecule has 0 saturated heterocycles. The van der Waals surface area contributed by atoms with E-state index in [0.29, 0.717) is 11.5 Å². The zero-order valence-electron chi connectivity index (χ0n) is 12.2. The van der Waals surface area contributed by atoms with E-state index in [4.69, 9.17) is 15.2 Å². The number of nitrogens with zero attached hydrogens (tertiary/aromatic N) is 2. The molecule has 1 heterocycles. The van der Waals surface area contributed by atoms with E-state index in [1.807, 2.05) is 35.3 Å². The van der Waals surface area contributed by atoms with E-state index < -0.39 is 0 Å². The Hall–Kier alpha value is -2.01. The molecular weight excluding hydrogens is 254 g/mol. The minimum atomic E-state index is -0.0932. The Morgan fingerprint density at radius 3 is 2.60 bits per heavy atom. The number of nitrogens with two attached hydrogens (primary N) is 1. The highest BCUT2D eigenvalue weighted by Gasteiger charge is 2.12. The molecule has 0 aliphatic carbocycles. The molecule has 0 saturated carbocycles. The van der Waals surface area contributed by atoms with Gasteiger partial charge in [-0.1, -0.05) is 6.07 Å². The molecule has 0 amide bonds. The fraction of sp³-hybridized carbons (Fsp3) is 0.400. The van der Waals surface area contributed by atoms with Gasteiger partial charge in [0.25, 0.3) is 0 Å². The van der Waals surface area contributed by atoms with Crippen LogP contribution in [0, 0.1) is 0 Å². The molecule has 108 valence electrons. The van der Waals surface area contributed by atoms with Crippen molar-refractivity contribution in [3.8, 4) is 11.5 Å². The number of rotatable bonds is 6. The zero-order chi connectivity index (χ0) is 14.5. The van der Waals surface area contributed by atoms with Crippen molar-refractivity contribution in [2.24, 2.45) is 5.73 Å². The van der Waals surface area contributed by atoms with Crippen LogP contribution in [0.5, 0.6) is 11.5 Å². The number of aromatic nitrogens is 2. The largest absolute Gasteiger partial charge is 0.493 e. The molecule has 1 aromatic heterocycles. The molecule has 20 heavy (non-hydrogen) atoms. The molecule has 0 aliphatic heterocycles. The summed E-state index contributed by atoms with van der Waals surface area (Å²) in [6, 6.07) is 5.68. The fourth-order valence-electron chi connectivity index (χ4n) is 2.14. The lowest BCUT2D eigenvalue weighted by atomic mass is 10.0. The van der Waals surface area contributed by atoms with Gasteiger partial charge in [-0.05, 0) is 36.6 Å². The number of hydrogen-bond donors (Lipinski definition) is 1. The summed E-state index contributed by atoms with van der Waals surface area (Å²) in [5.41, 5.74) is 8.41. The van der Waals surface area contributed by atoms with Crippen LogP contribution in [-0.2, 0) is 13.0 Å². The number of methoxy groups -OCH3 is 2. The summed E-state index contributed by atoms with van der Waals surface area (Å²) in [4.78, 5) is 0. The van der Waals surface area contributed by atoms with Crippen molar-refractivity contribution in [2.45, 2.75) is 25.9 Å². The highest BCUT2D eigenvalue weighted by molar-refractivity contribution is 5.44. The van der Waals surface area contributed by atoms with Gasteiger partial charge in [-0.3, -0.25) is 4.68 Å². The summed E-state index contributed by atoms with van der Waals surface area (Å²) in [5.74, 6) is 1.41. The first kappa shape index (κ1) is 14.4. The monoisotopic (exact) mass is 275 g/mol. The van der Waals surface area contributed by atoms with E-state index in [2.05, 4.69) is 12.0 Å². The molecule has 5 nitrogen and oxygen atoms in total. The average molecular weight is 275 g/mol. The molecule has 0 radical (unpaired) electrons. The Balaban J connectivity index is 2.14. The Kier molecular flexibility index (Phi) is 4.63. The first-order valence-corrected chi connectivity index (χ1v) is 6.66. The summed E-state index contributed by atoms with van der Waals surface area (Å²) in [6.07, 6.45) is 4.64. The molecule has 1 unspecified atom stereocenters. The molecule has 0 fully saturated rings. The highest BCUT2D eigenvalue weighted by atomic mass is 16.5. The minimum Gasteiger partial charge on any atom is -0.493 e. The maximum atomic E-state index is 6.26. The van der Waals surface area contributed by atoms with E-state index in [0.717, 1.165) is 24.1 Å². The van der Waals surface area contributed by atoms with Gasteiger partial charge in [0, 0.05) is 18.8 Å². The first-order chi connectivity index (χ1) is 9.67. The lowest BCUT2D eigenvalue weighted by Crippen LogP contribution is -2.13. The molecule has 0 aliphatic rings. The number of benzene rings is 1. The molecule has 2 N–H and O–H groups in total. The lowest BCUT2D eigenvalue weighted by molar-refractivity contribution is 0.354. The van der Waals surface area contributed by atoms with Gasteiger partial charge in [-0.15, -0.1) is 0 Å². The van der Waals surface area contributed by atoms with E-state index in [1.54, 1.807) is 14.2 Å². The van der Waals surface area contributed by atoms with Crippen molar-refractivity contribution in [1.29, 1.82) is 0 Å². The van der Waals surface area contributed by atoms with E-state index in [-0.39, 0.29) is 6.04 Å². The van der Waals surface area contributed by atoms with E-state index in [1.165, 1.54) is 0 Å². The van der Waals surface area contributed by atoms with Gasteiger partial charge < -0.3 is 15.2 Å². The molecule has 5 heteroatoms. The van der Waals surface area contributed by atoms with Gasteiger partial charge in [0.2, 0.25) is 0 Å². The second kappa shape index (κ2) is 6.43. The van der Waals surface area contributed by atoms with Crippen molar-refractivity contribution >= 4 is 0 Å². The van der Waals surface area contributed by atoms with Gasteiger partial charge in [-0.2, -0.15) is 5.10 Å². The standard InChI is InChI=1S/C15H21N3O2/c1-4-18-10-11(9-17-18)7-13(16)12-5-6-14(19-2)15(8-12)20-3/h5-6,8-10,13H,4,7,16H2,1-3H3. The average Bonchev–Trinajstić information content (AvgIpc) is 2.94. The highest BCUT2D eigenvalue weighted by Crippen LogP contribution is 2.30. The van der Waals surface area contributed by atoms with Crippen molar-refractivity contribution in [1.82, 2.24) is 9.78 Å². The second-order valence-corrected chi connectivity index (χ2v) is 4.63. The Bertz CT molecular complexity index is 566. The normalized spacial score (nSPS) is 12.2.